The van der Waals surface area contributed by atoms with Gasteiger partial charge in [-0.15, -0.1) is 0 Å². The van der Waals surface area contributed by atoms with Crippen LogP contribution in [0.1, 0.15) is 25.2 Å². The summed E-state index contributed by atoms with van der Waals surface area (Å²) in [7, 11) is 1.52. The highest BCUT2D eigenvalue weighted by atomic mass is 35.5. The number of carbonyl (C=O) groups is 1. The first-order valence-corrected chi connectivity index (χ1v) is 6.44. The molecule has 0 amide bonds. The summed E-state index contributed by atoms with van der Waals surface area (Å²) >= 11 is 6.23. The Labute approximate surface area is 112 Å². The van der Waals surface area contributed by atoms with E-state index in [0.717, 1.165) is 17.8 Å². The van der Waals surface area contributed by atoms with Crippen LogP contribution in [0.3, 0.4) is 0 Å². The number of rotatable bonds is 7. The summed E-state index contributed by atoms with van der Waals surface area (Å²) in [4.78, 5) is 11.9. The zero-order valence-corrected chi connectivity index (χ0v) is 11.8. The minimum atomic E-state index is -0.614. The molecule has 1 rings (SSSR count). The summed E-state index contributed by atoms with van der Waals surface area (Å²) in [6.07, 6.45) is 0.946. The highest BCUT2D eigenvalue weighted by molar-refractivity contribution is 6.32. The van der Waals surface area contributed by atoms with Gasteiger partial charge in [0.25, 0.3) is 0 Å². The molecule has 18 heavy (non-hydrogen) atoms. The first-order chi connectivity index (χ1) is 8.54. The van der Waals surface area contributed by atoms with Crippen molar-refractivity contribution in [3.8, 4) is 0 Å². The van der Waals surface area contributed by atoms with Crippen molar-refractivity contribution in [2.45, 2.75) is 39.3 Å². The second-order valence-electron chi connectivity index (χ2n) is 4.08. The van der Waals surface area contributed by atoms with Crippen LogP contribution in [0, 0.1) is 0 Å². The van der Waals surface area contributed by atoms with Crippen molar-refractivity contribution in [1.82, 2.24) is 9.78 Å². The first-order valence-electron chi connectivity index (χ1n) is 6.06. The Balaban J connectivity index is 2.89. The molecule has 1 unspecified atom stereocenters. The van der Waals surface area contributed by atoms with E-state index in [9.17, 15) is 4.79 Å². The van der Waals surface area contributed by atoms with Crippen molar-refractivity contribution in [2.24, 2.45) is 5.73 Å². The highest BCUT2D eigenvalue weighted by Gasteiger charge is 2.20. The lowest BCUT2D eigenvalue weighted by Gasteiger charge is -2.10. The summed E-state index contributed by atoms with van der Waals surface area (Å²) in [6.45, 7) is 4.85. The van der Waals surface area contributed by atoms with Crippen molar-refractivity contribution in [1.29, 1.82) is 0 Å². The maximum Gasteiger partial charge on any atom is 0.157 e. The molecule has 1 atom stereocenters. The third-order valence-electron chi connectivity index (χ3n) is 2.80. The second-order valence-corrected chi connectivity index (χ2v) is 4.46. The van der Waals surface area contributed by atoms with E-state index in [1.807, 2.05) is 13.8 Å². The largest absolute Gasteiger partial charge is 0.383 e. The number of carbonyl (C=O) groups excluding carboxylic acids is 1. The van der Waals surface area contributed by atoms with Crippen molar-refractivity contribution in [3.63, 3.8) is 0 Å². The first kappa shape index (κ1) is 15.1. The smallest absolute Gasteiger partial charge is 0.157 e. The number of ether oxygens (including phenoxy) is 1. The van der Waals surface area contributed by atoms with Gasteiger partial charge in [-0.05, 0) is 13.3 Å². The Morgan fingerprint density at radius 2 is 2.22 bits per heavy atom. The maximum atomic E-state index is 11.9. The van der Waals surface area contributed by atoms with Gasteiger partial charge in [0.2, 0.25) is 0 Å². The van der Waals surface area contributed by atoms with Crippen LogP contribution in [-0.2, 0) is 28.9 Å². The SMILES string of the molecule is CCc1nn(CC)c(CC(=O)C(N)COC)c1Cl. The Bertz CT molecular complexity index is 418. The van der Waals surface area contributed by atoms with Crippen LogP contribution in [0.25, 0.3) is 0 Å². The summed E-state index contributed by atoms with van der Waals surface area (Å²) in [6, 6.07) is -0.614. The molecule has 0 aliphatic rings. The van der Waals surface area contributed by atoms with Gasteiger partial charge in [-0.3, -0.25) is 9.48 Å². The van der Waals surface area contributed by atoms with Gasteiger partial charge >= 0.3 is 0 Å². The van der Waals surface area contributed by atoms with Crippen LogP contribution < -0.4 is 5.73 Å². The van der Waals surface area contributed by atoms with E-state index in [0.29, 0.717) is 11.6 Å². The molecule has 0 aromatic carbocycles. The highest BCUT2D eigenvalue weighted by Crippen LogP contribution is 2.22. The maximum absolute atomic E-state index is 11.9. The average Bonchev–Trinajstić information content (AvgIpc) is 2.66. The Kier molecular flexibility index (Phi) is 5.78. The molecule has 0 bridgehead atoms. The van der Waals surface area contributed by atoms with Crippen LogP contribution in [0.4, 0.5) is 0 Å². The summed E-state index contributed by atoms with van der Waals surface area (Å²) in [5, 5.41) is 4.95. The molecule has 0 aliphatic heterocycles. The molecule has 1 aromatic heterocycles. The molecule has 5 nitrogen and oxygen atoms in total. The Morgan fingerprint density at radius 3 is 2.72 bits per heavy atom. The number of nitrogens with zero attached hydrogens (tertiary/aromatic N) is 2. The summed E-state index contributed by atoms with van der Waals surface area (Å²) in [5.74, 6) is -0.0870. The molecular formula is C12H20ClN3O2. The molecule has 2 N–H and O–H groups in total. The third kappa shape index (κ3) is 3.31. The van der Waals surface area contributed by atoms with E-state index >= 15 is 0 Å². The van der Waals surface area contributed by atoms with Gasteiger partial charge in [0.1, 0.15) is 0 Å². The predicted molar refractivity (Wildman–Crippen MR) is 70.9 cm³/mol. The molecule has 0 fully saturated rings. The minimum absolute atomic E-state index is 0.0870. The van der Waals surface area contributed by atoms with E-state index in [1.165, 1.54) is 7.11 Å². The number of nitrogens with two attached hydrogens (primary N) is 1. The molecule has 0 saturated heterocycles. The number of methoxy groups -OCH3 is 1. The molecule has 0 aliphatic carbocycles. The van der Waals surface area contributed by atoms with Crippen molar-refractivity contribution >= 4 is 17.4 Å². The lowest BCUT2D eigenvalue weighted by molar-refractivity contribution is -0.120. The van der Waals surface area contributed by atoms with Crippen LogP contribution >= 0.6 is 11.6 Å². The third-order valence-corrected chi connectivity index (χ3v) is 3.23. The van der Waals surface area contributed by atoms with Crippen LogP contribution in [0.15, 0.2) is 0 Å². The van der Waals surface area contributed by atoms with E-state index in [1.54, 1.807) is 4.68 Å². The number of ketones is 1. The number of hydrogen-bond acceptors (Lipinski definition) is 4. The molecular weight excluding hydrogens is 254 g/mol. The van der Waals surface area contributed by atoms with Gasteiger partial charge in [0.15, 0.2) is 5.78 Å². The van der Waals surface area contributed by atoms with Gasteiger partial charge < -0.3 is 10.5 Å². The topological polar surface area (TPSA) is 70.1 Å². The molecule has 0 spiro atoms. The lowest BCUT2D eigenvalue weighted by Crippen LogP contribution is -2.36. The van der Waals surface area contributed by atoms with Crippen molar-refractivity contribution < 1.29 is 9.53 Å². The average molecular weight is 274 g/mol. The molecule has 0 radical (unpaired) electrons. The van der Waals surface area contributed by atoms with Gasteiger partial charge in [-0.1, -0.05) is 18.5 Å². The number of aromatic nitrogens is 2. The Morgan fingerprint density at radius 1 is 1.56 bits per heavy atom. The van der Waals surface area contributed by atoms with Gasteiger partial charge in [0.05, 0.1) is 35.5 Å². The summed E-state index contributed by atoms with van der Waals surface area (Å²) in [5.41, 5.74) is 7.27. The summed E-state index contributed by atoms with van der Waals surface area (Å²) < 4.78 is 6.64. The monoisotopic (exact) mass is 273 g/mol. The van der Waals surface area contributed by atoms with E-state index in [-0.39, 0.29) is 18.8 Å². The lowest BCUT2D eigenvalue weighted by atomic mass is 10.1. The predicted octanol–water partition coefficient (Wildman–Crippen LogP) is 1.20. The van der Waals surface area contributed by atoms with Crippen LogP contribution in [0.2, 0.25) is 5.02 Å². The number of aryl methyl sites for hydroxylation is 2. The van der Waals surface area contributed by atoms with Gasteiger partial charge in [0, 0.05) is 13.7 Å². The van der Waals surface area contributed by atoms with E-state index in [4.69, 9.17) is 22.1 Å². The minimum Gasteiger partial charge on any atom is -0.383 e. The molecule has 1 heterocycles. The molecule has 6 heteroatoms. The number of hydrogen-bond donors (Lipinski definition) is 1. The fourth-order valence-corrected chi connectivity index (χ4v) is 2.09. The van der Waals surface area contributed by atoms with Crippen molar-refractivity contribution in [2.75, 3.05) is 13.7 Å². The van der Waals surface area contributed by atoms with Crippen LogP contribution in [-0.4, -0.2) is 35.3 Å². The standard InChI is InChI=1S/C12H20ClN3O2/c1-4-9-12(13)10(16(5-2)15-9)6-11(17)8(14)7-18-3/h8H,4-7,14H2,1-3H3. The van der Waals surface area contributed by atoms with E-state index in [2.05, 4.69) is 5.10 Å². The number of Topliss-reactive ketones (excluding diaryl/α,β-unsaturated/α-hetero) is 1. The second kappa shape index (κ2) is 6.87. The van der Waals surface area contributed by atoms with Crippen LogP contribution in [0.5, 0.6) is 0 Å². The normalized spacial score (nSPS) is 12.7. The Hall–Kier alpha value is -0.910. The van der Waals surface area contributed by atoms with Gasteiger partial charge in [-0.2, -0.15) is 5.10 Å². The fourth-order valence-electron chi connectivity index (χ4n) is 1.75. The zero-order chi connectivity index (χ0) is 13.7. The molecule has 102 valence electrons. The quantitative estimate of drug-likeness (QED) is 0.811. The van der Waals surface area contributed by atoms with Gasteiger partial charge in [-0.25, -0.2) is 0 Å². The molecule has 0 saturated carbocycles. The zero-order valence-electron chi connectivity index (χ0n) is 11.1. The fraction of sp³-hybridized carbons (Fsp3) is 0.667. The van der Waals surface area contributed by atoms with Crippen molar-refractivity contribution in [3.05, 3.63) is 16.4 Å². The molecule has 1 aromatic rings. The van der Waals surface area contributed by atoms with E-state index < -0.39 is 6.04 Å². The number of halogens is 1.